The van der Waals surface area contributed by atoms with E-state index in [1.807, 2.05) is 44.2 Å². The second-order valence-electron chi connectivity index (χ2n) is 4.24. The number of pyridine rings is 1. The molecule has 0 saturated heterocycles. The van der Waals surface area contributed by atoms with Crippen LogP contribution >= 0.6 is 0 Å². The zero-order chi connectivity index (χ0) is 12.7. The Hall–Kier alpha value is -2.43. The Morgan fingerprint density at radius 2 is 1.89 bits per heavy atom. The number of fused-ring (bicyclic) bond motifs is 1. The summed E-state index contributed by atoms with van der Waals surface area (Å²) in [5.41, 5.74) is 7.38. The quantitative estimate of drug-likeness (QED) is 0.659. The molecule has 18 heavy (non-hydrogen) atoms. The number of nitrogen functional groups attached to an aromatic ring is 1. The van der Waals surface area contributed by atoms with Gasteiger partial charge in [0, 0.05) is 11.1 Å². The van der Waals surface area contributed by atoms with Crippen LogP contribution in [-0.2, 0) is 0 Å². The lowest BCUT2D eigenvalue weighted by Gasteiger charge is -2.04. The minimum absolute atomic E-state index is 0.741. The molecule has 2 N–H and O–H groups in total. The predicted octanol–water partition coefficient (Wildman–Crippen LogP) is 2.01. The first kappa shape index (κ1) is 10.7. The number of hydrogen-bond acceptors (Lipinski definition) is 4. The van der Waals surface area contributed by atoms with Crippen LogP contribution in [0, 0.1) is 13.8 Å². The highest BCUT2D eigenvalue weighted by Gasteiger charge is 2.07. The normalized spacial score (nSPS) is 11.0. The molecule has 5 nitrogen and oxygen atoms in total. The molecular formula is C13H13N5. The van der Waals surface area contributed by atoms with Crippen LogP contribution < -0.4 is 5.73 Å². The molecule has 5 heteroatoms. The molecule has 0 amide bonds. The van der Waals surface area contributed by atoms with E-state index < -0.39 is 0 Å². The lowest BCUT2D eigenvalue weighted by molar-refractivity contribution is 0.808. The maximum Gasteiger partial charge on any atom is 0.156 e. The predicted molar refractivity (Wildman–Crippen MR) is 70.5 cm³/mol. The van der Waals surface area contributed by atoms with Crippen LogP contribution in [0.3, 0.4) is 0 Å². The van der Waals surface area contributed by atoms with Gasteiger partial charge in [-0.15, -0.1) is 5.10 Å². The Balaban J connectivity index is 2.19. The Bertz CT molecular complexity index is 729. The van der Waals surface area contributed by atoms with Gasteiger partial charge in [-0.05, 0) is 44.2 Å². The largest absolute Gasteiger partial charge is 0.399 e. The molecule has 0 saturated carbocycles. The summed E-state index contributed by atoms with van der Waals surface area (Å²) in [6, 6.07) is 9.57. The van der Waals surface area contributed by atoms with Crippen LogP contribution in [0.2, 0.25) is 0 Å². The average Bonchev–Trinajstić information content (AvgIpc) is 2.68. The van der Waals surface area contributed by atoms with E-state index in [2.05, 4.69) is 15.1 Å². The standard InChI is InChI=1S/C13H13N5/c1-8-15-9(2)18(17-8)13-6-3-10-7-11(14)4-5-12(10)16-13/h3-7H,14H2,1-2H3. The van der Waals surface area contributed by atoms with E-state index in [4.69, 9.17) is 5.73 Å². The van der Waals surface area contributed by atoms with Crippen molar-refractivity contribution in [1.82, 2.24) is 19.7 Å². The number of aromatic nitrogens is 4. The molecule has 2 heterocycles. The van der Waals surface area contributed by atoms with Crippen molar-refractivity contribution in [3.63, 3.8) is 0 Å². The second kappa shape index (κ2) is 3.80. The molecule has 90 valence electrons. The smallest absolute Gasteiger partial charge is 0.156 e. The summed E-state index contributed by atoms with van der Waals surface area (Å²) in [6.45, 7) is 3.78. The van der Waals surface area contributed by atoms with Gasteiger partial charge in [-0.3, -0.25) is 0 Å². The third kappa shape index (κ3) is 1.69. The van der Waals surface area contributed by atoms with Crippen LogP contribution in [0.15, 0.2) is 30.3 Å². The van der Waals surface area contributed by atoms with Gasteiger partial charge >= 0.3 is 0 Å². The minimum Gasteiger partial charge on any atom is -0.399 e. The monoisotopic (exact) mass is 239 g/mol. The summed E-state index contributed by atoms with van der Waals surface area (Å²) in [6.07, 6.45) is 0. The summed E-state index contributed by atoms with van der Waals surface area (Å²) in [7, 11) is 0. The summed E-state index contributed by atoms with van der Waals surface area (Å²) < 4.78 is 1.74. The Morgan fingerprint density at radius 1 is 1.06 bits per heavy atom. The molecule has 0 bridgehead atoms. The number of hydrogen-bond donors (Lipinski definition) is 1. The number of aryl methyl sites for hydroxylation is 2. The summed E-state index contributed by atoms with van der Waals surface area (Å²) >= 11 is 0. The highest BCUT2D eigenvalue weighted by molar-refractivity contribution is 5.82. The molecule has 0 aliphatic rings. The first-order valence-corrected chi connectivity index (χ1v) is 5.70. The number of nitrogens with two attached hydrogens (primary N) is 1. The van der Waals surface area contributed by atoms with Gasteiger partial charge < -0.3 is 5.73 Å². The van der Waals surface area contributed by atoms with Crippen LogP contribution in [0.5, 0.6) is 0 Å². The van der Waals surface area contributed by atoms with E-state index >= 15 is 0 Å². The third-order valence-corrected chi connectivity index (χ3v) is 2.79. The molecule has 0 unspecified atom stereocenters. The lowest BCUT2D eigenvalue weighted by Crippen LogP contribution is -2.02. The SMILES string of the molecule is Cc1nc(C)n(-c2ccc3cc(N)ccc3n2)n1. The highest BCUT2D eigenvalue weighted by Crippen LogP contribution is 2.17. The van der Waals surface area contributed by atoms with Crippen LogP contribution in [0.1, 0.15) is 11.6 Å². The average molecular weight is 239 g/mol. The van der Waals surface area contributed by atoms with Crippen molar-refractivity contribution in [3.05, 3.63) is 42.0 Å². The van der Waals surface area contributed by atoms with E-state index in [0.29, 0.717) is 0 Å². The number of nitrogens with zero attached hydrogens (tertiary/aromatic N) is 4. The minimum atomic E-state index is 0.741. The molecule has 0 atom stereocenters. The number of benzene rings is 1. The topological polar surface area (TPSA) is 69.6 Å². The fourth-order valence-corrected chi connectivity index (χ4v) is 1.99. The maximum atomic E-state index is 5.75. The fourth-order valence-electron chi connectivity index (χ4n) is 1.99. The van der Waals surface area contributed by atoms with Crippen molar-refractivity contribution in [2.75, 3.05) is 5.73 Å². The molecule has 1 aromatic carbocycles. The van der Waals surface area contributed by atoms with Gasteiger partial charge in [0.2, 0.25) is 0 Å². The number of rotatable bonds is 1. The van der Waals surface area contributed by atoms with Crippen molar-refractivity contribution in [3.8, 4) is 5.82 Å². The summed E-state index contributed by atoms with van der Waals surface area (Å²) in [5.74, 6) is 2.34. The van der Waals surface area contributed by atoms with E-state index in [1.165, 1.54) is 0 Å². The molecule has 3 rings (SSSR count). The van der Waals surface area contributed by atoms with Gasteiger partial charge in [0.05, 0.1) is 5.52 Å². The van der Waals surface area contributed by atoms with Gasteiger partial charge in [0.1, 0.15) is 11.6 Å². The maximum absolute atomic E-state index is 5.75. The molecule has 3 aromatic rings. The zero-order valence-corrected chi connectivity index (χ0v) is 10.3. The van der Waals surface area contributed by atoms with Crippen molar-refractivity contribution in [1.29, 1.82) is 0 Å². The van der Waals surface area contributed by atoms with E-state index in [0.717, 1.165) is 34.1 Å². The fraction of sp³-hybridized carbons (Fsp3) is 0.154. The van der Waals surface area contributed by atoms with Crippen molar-refractivity contribution < 1.29 is 0 Å². The van der Waals surface area contributed by atoms with Crippen LogP contribution in [0.4, 0.5) is 5.69 Å². The third-order valence-electron chi connectivity index (χ3n) is 2.79. The van der Waals surface area contributed by atoms with Crippen molar-refractivity contribution in [2.24, 2.45) is 0 Å². The van der Waals surface area contributed by atoms with Gasteiger partial charge in [-0.25, -0.2) is 9.97 Å². The molecule has 0 spiro atoms. The Kier molecular flexibility index (Phi) is 2.26. The van der Waals surface area contributed by atoms with E-state index in [-0.39, 0.29) is 0 Å². The molecule has 2 aromatic heterocycles. The van der Waals surface area contributed by atoms with E-state index in [1.54, 1.807) is 4.68 Å². The molecule has 0 aliphatic heterocycles. The molecular weight excluding hydrogens is 226 g/mol. The van der Waals surface area contributed by atoms with Gasteiger partial charge in [-0.1, -0.05) is 0 Å². The molecule has 0 radical (unpaired) electrons. The number of anilines is 1. The Labute approximate surface area is 104 Å². The van der Waals surface area contributed by atoms with Gasteiger partial charge in [0.25, 0.3) is 0 Å². The van der Waals surface area contributed by atoms with Crippen LogP contribution in [-0.4, -0.2) is 19.7 Å². The van der Waals surface area contributed by atoms with Crippen molar-refractivity contribution in [2.45, 2.75) is 13.8 Å². The van der Waals surface area contributed by atoms with Gasteiger partial charge in [-0.2, -0.15) is 4.68 Å². The molecule has 0 fully saturated rings. The Morgan fingerprint density at radius 3 is 2.61 bits per heavy atom. The van der Waals surface area contributed by atoms with E-state index in [9.17, 15) is 0 Å². The second-order valence-corrected chi connectivity index (χ2v) is 4.24. The summed E-state index contributed by atoms with van der Waals surface area (Å²) in [5, 5.41) is 5.34. The molecule has 0 aliphatic carbocycles. The van der Waals surface area contributed by atoms with Crippen molar-refractivity contribution >= 4 is 16.6 Å². The first-order valence-electron chi connectivity index (χ1n) is 5.70. The zero-order valence-electron chi connectivity index (χ0n) is 10.3. The highest BCUT2D eigenvalue weighted by atomic mass is 15.4. The van der Waals surface area contributed by atoms with Gasteiger partial charge in [0.15, 0.2) is 5.82 Å². The lowest BCUT2D eigenvalue weighted by atomic mass is 10.2. The summed E-state index contributed by atoms with van der Waals surface area (Å²) in [4.78, 5) is 8.84. The first-order chi connectivity index (χ1) is 8.63. The van der Waals surface area contributed by atoms with Crippen LogP contribution in [0.25, 0.3) is 16.7 Å².